The molecule has 0 aliphatic carbocycles. The highest BCUT2D eigenvalue weighted by molar-refractivity contribution is 7.11. The van der Waals surface area contributed by atoms with Crippen molar-refractivity contribution in [1.82, 2.24) is 10.3 Å². The standard InChI is InChI=1S/C20H18N2O3S/c23-19(22-13-11-15-7-2-1-3-8-15)18(16-9-4-5-12-21-16)25-20(24)17-10-6-14-26-17/h1-10,12,14,18H,11,13H2,(H,22,23). The van der Waals surface area contributed by atoms with Gasteiger partial charge in [0.1, 0.15) is 4.88 Å². The first-order chi connectivity index (χ1) is 12.7. The van der Waals surface area contributed by atoms with Crippen molar-refractivity contribution >= 4 is 23.2 Å². The summed E-state index contributed by atoms with van der Waals surface area (Å²) in [6, 6.07) is 18.4. The number of pyridine rings is 1. The van der Waals surface area contributed by atoms with Gasteiger partial charge in [0, 0.05) is 12.7 Å². The first kappa shape index (κ1) is 17.8. The van der Waals surface area contributed by atoms with E-state index in [0.717, 1.165) is 5.56 Å². The van der Waals surface area contributed by atoms with Crippen LogP contribution in [0.5, 0.6) is 0 Å². The number of benzene rings is 1. The second kappa shape index (κ2) is 8.92. The Balaban J connectivity index is 1.66. The average Bonchev–Trinajstić information content (AvgIpc) is 3.22. The number of thiophene rings is 1. The number of aromatic nitrogens is 1. The molecule has 2 aromatic heterocycles. The lowest BCUT2D eigenvalue weighted by Crippen LogP contribution is -2.33. The Kier molecular flexibility index (Phi) is 6.11. The minimum atomic E-state index is -1.08. The lowest BCUT2D eigenvalue weighted by Gasteiger charge is -2.17. The fourth-order valence-corrected chi connectivity index (χ4v) is 3.01. The molecule has 3 aromatic rings. The minimum Gasteiger partial charge on any atom is -0.441 e. The van der Waals surface area contributed by atoms with Gasteiger partial charge in [0.2, 0.25) is 6.10 Å². The molecule has 26 heavy (non-hydrogen) atoms. The van der Waals surface area contributed by atoms with Crippen molar-refractivity contribution in [3.8, 4) is 0 Å². The van der Waals surface area contributed by atoms with E-state index in [9.17, 15) is 9.59 Å². The van der Waals surface area contributed by atoms with Crippen molar-refractivity contribution in [1.29, 1.82) is 0 Å². The number of nitrogens with zero attached hydrogens (tertiary/aromatic N) is 1. The molecule has 3 rings (SSSR count). The molecule has 0 radical (unpaired) electrons. The minimum absolute atomic E-state index is 0.385. The summed E-state index contributed by atoms with van der Waals surface area (Å²) in [4.78, 5) is 29.5. The zero-order valence-corrected chi connectivity index (χ0v) is 14.8. The average molecular weight is 366 g/mol. The Morgan fingerprint density at radius 3 is 2.54 bits per heavy atom. The van der Waals surface area contributed by atoms with Gasteiger partial charge in [-0.05, 0) is 35.6 Å². The third-order valence-corrected chi connectivity index (χ3v) is 4.55. The quantitative estimate of drug-likeness (QED) is 0.651. The summed E-state index contributed by atoms with van der Waals surface area (Å²) in [5.74, 6) is -0.918. The van der Waals surface area contributed by atoms with Gasteiger partial charge in [-0.15, -0.1) is 11.3 Å². The maximum Gasteiger partial charge on any atom is 0.349 e. The van der Waals surface area contributed by atoms with Gasteiger partial charge in [0.25, 0.3) is 5.91 Å². The number of ether oxygens (including phenoxy) is 1. The van der Waals surface area contributed by atoms with Gasteiger partial charge in [0.05, 0.1) is 5.69 Å². The molecule has 0 saturated carbocycles. The monoisotopic (exact) mass is 366 g/mol. The van der Waals surface area contributed by atoms with E-state index in [-0.39, 0.29) is 5.91 Å². The number of rotatable bonds is 7. The van der Waals surface area contributed by atoms with Crippen LogP contribution in [-0.2, 0) is 16.0 Å². The highest BCUT2D eigenvalue weighted by Crippen LogP contribution is 2.19. The first-order valence-corrected chi connectivity index (χ1v) is 9.09. The zero-order valence-electron chi connectivity index (χ0n) is 14.0. The number of hydrogen-bond donors (Lipinski definition) is 1. The van der Waals surface area contributed by atoms with Crippen LogP contribution in [-0.4, -0.2) is 23.4 Å². The number of carbonyl (C=O) groups excluding carboxylic acids is 2. The Labute approximate surface area is 155 Å². The van der Waals surface area contributed by atoms with Crippen LogP contribution in [0.25, 0.3) is 0 Å². The van der Waals surface area contributed by atoms with Crippen LogP contribution in [0.2, 0.25) is 0 Å². The molecule has 1 atom stereocenters. The molecule has 1 amide bonds. The molecule has 5 nitrogen and oxygen atoms in total. The maximum absolute atomic E-state index is 12.6. The summed E-state index contributed by atoms with van der Waals surface area (Å²) in [7, 11) is 0. The summed E-state index contributed by atoms with van der Waals surface area (Å²) in [5.41, 5.74) is 1.52. The van der Waals surface area contributed by atoms with Crippen molar-refractivity contribution < 1.29 is 14.3 Å². The Bertz CT molecular complexity index is 836. The highest BCUT2D eigenvalue weighted by Gasteiger charge is 2.26. The topological polar surface area (TPSA) is 68.3 Å². The Morgan fingerprint density at radius 1 is 1.04 bits per heavy atom. The van der Waals surface area contributed by atoms with Gasteiger partial charge < -0.3 is 10.1 Å². The normalized spacial score (nSPS) is 11.5. The lowest BCUT2D eigenvalue weighted by molar-refractivity contribution is -0.130. The molecule has 0 bridgehead atoms. The van der Waals surface area contributed by atoms with Gasteiger partial charge in [0.15, 0.2) is 0 Å². The number of amides is 1. The van der Waals surface area contributed by atoms with Gasteiger partial charge in [-0.2, -0.15) is 0 Å². The first-order valence-electron chi connectivity index (χ1n) is 8.21. The van der Waals surface area contributed by atoms with Crippen LogP contribution < -0.4 is 5.32 Å². The summed E-state index contributed by atoms with van der Waals surface area (Å²) in [6.45, 7) is 0.447. The van der Waals surface area contributed by atoms with Gasteiger partial charge in [-0.3, -0.25) is 9.78 Å². The molecular weight excluding hydrogens is 348 g/mol. The molecular formula is C20H18N2O3S. The molecule has 132 valence electrons. The predicted molar refractivity (Wildman–Crippen MR) is 99.9 cm³/mol. The second-order valence-electron chi connectivity index (χ2n) is 5.54. The summed E-state index contributed by atoms with van der Waals surface area (Å²) in [6.07, 6.45) is 1.18. The van der Waals surface area contributed by atoms with Crippen molar-refractivity contribution in [3.63, 3.8) is 0 Å². The van der Waals surface area contributed by atoms with E-state index in [0.29, 0.717) is 23.5 Å². The molecule has 1 aromatic carbocycles. The van der Waals surface area contributed by atoms with E-state index in [1.54, 1.807) is 41.9 Å². The number of carbonyl (C=O) groups is 2. The molecule has 0 fully saturated rings. The molecule has 0 aliphatic heterocycles. The van der Waals surface area contributed by atoms with Crippen LogP contribution in [0.3, 0.4) is 0 Å². The third kappa shape index (κ3) is 4.77. The third-order valence-electron chi connectivity index (χ3n) is 3.70. The molecule has 1 unspecified atom stereocenters. The van der Waals surface area contributed by atoms with E-state index < -0.39 is 12.1 Å². The fourth-order valence-electron chi connectivity index (χ4n) is 2.41. The molecule has 0 spiro atoms. The predicted octanol–water partition coefficient (Wildman–Crippen LogP) is 3.40. The van der Waals surface area contributed by atoms with Gasteiger partial charge in [-0.25, -0.2) is 4.79 Å². The van der Waals surface area contributed by atoms with Crippen molar-refractivity contribution in [2.75, 3.05) is 6.54 Å². The molecule has 0 saturated heterocycles. The van der Waals surface area contributed by atoms with E-state index >= 15 is 0 Å². The second-order valence-corrected chi connectivity index (χ2v) is 6.49. The smallest absolute Gasteiger partial charge is 0.349 e. The lowest BCUT2D eigenvalue weighted by atomic mass is 10.1. The number of esters is 1. The van der Waals surface area contributed by atoms with Gasteiger partial charge in [-0.1, -0.05) is 42.5 Å². The maximum atomic E-state index is 12.6. The van der Waals surface area contributed by atoms with Crippen molar-refractivity contribution in [2.45, 2.75) is 12.5 Å². The zero-order chi connectivity index (χ0) is 18.2. The number of hydrogen-bond acceptors (Lipinski definition) is 5. The largest absolute Gasteiger partial charge is 0.441 e. The van der Waals surface area contributed by atoms with E-state index in [2.05, 4.69) is 10.3 Å². The summed E-state index contributed by atoms with van der Waals surface area (Å²) >= 11 is 1.27. The van der Waals surface area contributed by atoms with Crippen molar-refractivity contribution in [3.05, 3.63) is 88.4 Å². The molecule has 6 heteroatoms. The Hall–Kier alpha value is -2.99. The molecule has 1 N–H and O–H groups in total. The van der Waals surface area contributed by atoms with E-state index in [4.69, 9.17) is 4.74 Å². The highest BCUT2D eigenvalue weighted by atomic mass is 32.1. The summed E-state index contributed by atoms with van der Waals surface area (Å²) < 4.78 is 5.44. The van der Waals surface area contributed by atoms with Crippen LogP contribution in [0.4, 0.5) is 0 Å². The van der Waals surface area contributed by atoms with Gasteiger partial charge >= 0.3 is 5.97 Å². The van der Waals surface area contributed by atoms with E-state index in [1.165, 1.54) is 11.3 Å². The van der Waals surface area contributed by atoms with Crippen LogP contribution in [0.15, 0.2) is 72.2 Å². The Morgan fingerprint density at radius 2 is 1.85 bits per heavy atom. The molecule has 2 heterocycles. The van der Waals surface area contributed by atoms with Crippen LogP contribution >= 0.6 is 11.3 Å². The molecule has 0 aliphatic rings. The SMILES string of the molecule is O=C(OC(C(=O)NCCc1ccccc1)c1ccccn1)c1cccs1. The summed E-state index contributed by atoms with van der Waals surface area (Å²) in [5, 5.41) is 4.61. The fraction of sp³-hybridized carbons (Fsp3) is 0.150. The van der Waals surface area contributed by atoms with Crippen LogP contribution in [0, 0.1) is 0 Å². The van der Waals surface area contributed by atoms with Crippen molar-refractivity contribution in [2.24, 2.45) is 0 Å². The van der Waals surface area contributed by atoms with Crippen LogP contribution in [0.1, 0.15) is 27.0 Å². The van der Waals surface area contributed by atoms with E-state index in [1.807, 2.05) is 30.3 Å². The number of nitrogens with one attached hydrogen (secondary N) is 1.